The number of nitrogens with zero attached hydrogens (tertiary/aromatic N) is 6. The summed E-state index contributed by atoms with van der Waals surface area (Å²) in [6.45, 7) is 14.7. The predicted molar refractivity (Wildman–Crippen MR) is 213 cm³/mol. The van der Waals surface area contributed by atoms with Gasteiger partial charge in [0.1, 0.15) is 12.2 Å². The maximum Gasteiger partial charge on any atom is 0.128 e. The average molecular weight is 710 g/mol. The third kappa shape index (κ3) is 8.83. The summed E-state index contributed by atoms with van der Waals surface area (Å²) in [5.41, 5.74) is 7.62. The second kappa shape index (κ2) is 16.8. The highest BCUT2D eigenvalue weighted by molar-refractivity contribution is 6.35. The second-order valence-electron chi connectivity index (χ2n) is 13.9. The van der Waals surface area contributed by atoms with E-state index in [0.717, 1.165) is 61.5 Å². The third-order valence-corrected chi connectivity index (χ3v) is 11.1. The Morgan fingerprint density at radius 3 is 2.10 bits per heavy atom. The van der Waals surface area contributed by atoms with Crippen LogP contribution in [-0.4, -0.2) is 48.6 Å². The van der Waals surface area contributed by atoms with Crippen LogP contribution in [0.3, 0.4) is 0 Å². The van der Waals surface area contributed by atoms with Crippen molar-refractivity contribution in [3.8, 4) is 0 Å². The van der Waals surface area contributed by atoms with E-state index in [-0.39, 0.29) is 0 Å². The minimum absolute atomic E-state index is 0.340. The highest BCUT2D eigenvalue weighted by Crippen LogP contribution is 2.43. The lowest BCUT2D eigenvalue weighted by atomic mass is 9.93. The predicted octanol–water partition coefficient (Wildman–Crippen LogP) is 10.6. The number of rotatable bonds is 9. The normalized spacial score (nSPS) is 19.5. The van der Waals surface area contributed by atoms with Crippen LogP contribution in [0.5, 0.6) is 0 Å². The molecule has 3 atom stereocenters. The van der Waals surface area contributed by atoms with E-state index in [1.54, 1.807) is 6.20 Å². The highest BCUT2D eigenvalue weighted by Gasteiger charge is 2.28. The van der Waals surface area contributed by atoms with Gasteiger partial charge in [-0.05, 0) is 135 Å². The van der Waals surface area contributed by atoms with Gasteiger partial charge in [0.15, 0.2) is 0 Å². The molecule has 1 saturated carbocycles. The van der Waals surface area contributed by atoms with Crippen LogP contribution in [0.4, 0.5) is 17.1 Å². The first-order valence-electron chi connectivity index (χ1n) is 18.1. The summed E-state index contributed by atoms with van der Waals surface area (Å²) in [6, 6.07) is 28.4. The van der Waals surface area contributed by atoms with Crippen molar-refractivity contribution in [1.29, 1.82) is 0 Å². The first-order valence-corrected chi connectivity index (χ1v) is 18.9. The van der Waals surface area contributed by atoms with Gasteiger partial charge in [-0.15, -0.1) is 0 Å². The van der Waals surface area contributed by atoms with Gasteiger partial charge in [-0.3, -0.25) is 9.88 Å². The van der Waals surface area contributed by atoms with Gasteiger partial charge < -0.3 is 9.80 Å². The molecule has 3 aliphatic rings. The standard InChI is InChI=1S/C36H43Cl2N5.C6H7N/c1-4-26(2)43-27(3)42(25-39-43)34-16-14-33(15-17-34)41-21-19-40(20-22-41)32-12-8-28(9-13-32)5-6-29-7-10-30(23-29)35-18-11-31(37)24-36(35)38;1-6-3-2-4-7-5-6/h8-9,11-18,24-26,29-30H,3-7,10,19-23H2,1-2H3;2-5H,1H3/t26?,29-,30?;/m1./s1. The molecule has 7 rings (SSSR count). The molecule has 1 saturated heterocycles. The van der Waals surface area contributed by atoms with Crippen molar-refractivity contribution in [2.45, 2.75) is 71.3 Å². The fourth-order valence-electron chi connectivity index (χ4n) is 7.30. The Hall–Kier alpha value is -4.00. The quantitative estimate of drug-likeness (QED) is 0.173. The smallest absolute Gasteiger partial charge is 0.128 e. The average Bonchev–Trinajstić information content (AvgIpc) is 3.78. The molecule has 4 aromatic rings. The minimum atomic E-state index is 0.340. The van der Waals surface area contributed by atoms with Gasteiger partial charge in [0, 0.05) is 65.7 Å². The van der Waals surface area contributed by atoms with Gasteiger partial charge in [-0.2, -0.15) is 5.10 Å². The molecule has 50 heavy (non-hydrogen) atoms. The van der Waals surface area contributed by atoms with Crippen LogP contribution in [0.2, 0.25) is 10.0 Å². The fourth-order valence-corrected chi connectivity index (χ4v) is 7.86. The zero-order valence-electron chi connectivity index (χ0n) is 29.7. The summed E-state index contributed by atoms with van der Waals surface area (Å²) in [7, 11) is 0. The number of halogens is 2. The van der Waals surface area contributed by atoms with E-state index in [9.17, 15) is 0 Å². The van der Waals surface area contributed by atoms with Crippen molar-refractivity contribution in [3.05, 3.63) is 130 Å². The van der Waals surface area contributed by atoms with Gasteiger partial charge in [-0.1, -0.05) is 61.0 Å². The van der Waals surface area contributed by atoms with Crippen LogP contribution in [0, 0.1) is 12.8 Å². The fraction of sp³-hybridized carbons (Fsp3) is 0.381. The Labute approximate surface area is 309 Å². The Morgan fingerprint density at radius 1 is 0.860 bits per heavy atom. The van der Waals surface area contributed by atoms with Gasteiger partial charge in [0.05, 0.1) is 6.04 Å². The largest absolute Gasteiger partial charge is 0.368 e. The van der Waals surface area contributed by atoms with Crippen LogP contribution in [0.1, 0.15) is 68.6 Å². The van der Waals surface area contributed by atoms with E-state index in [1.807, 2.05) is 48.7 Å². The maximum atomic E-state index is 6.50. The lowest BCUT2D eigenvalue weighted by molar-refractivity contribution is 0.286. The zero-order valence-corrected chi connectivity index (χ0v) is 31.2. The molecule has 3 aromatic carbocycles. The maximum absolute atomic E-state index is 6.50. The van der Waals surface area contributed by atoms with Crippen LogP contribution in [-0.2, 0) is 6.42 Å². The molecule has 1 aromatic heterocycles. The van der Waals surface area contributed by atoms with E-state index >= 15 is 0 Å². The summed E-state index contributed by atoms with van der Waals surface area (Å²) in [5.74, 6) is 2.24. The molecule has 0 amide bonds. The first-order chi connectivity index (χ1) is 24.3. The van der Waals surface area contributed by atoms with Crippen LogP contribution >= 0.6 is 23.2 Å². The first kappa shape index (κ1) is 35.8. The Kier molecular flexibility index (Phi) is 12.0. The molecule has 1 aliphatic carbocycles. The molecule has 6 nitrogen and oxygen atoms in total. The van der Waals surface area contributed by atoms with E-state index in [1.165, 1.54) is 53.7 Å². The number of hydrogen-bond donors (Lipinski definition) is 0. The van der Waals surface area contributed by atoms with Crippen molar-refractivity contribution in [1.82, 2.24) is 9.99 Å². The summed E-state index contributed by atoms with van der Waals surface area (Å²) in [5, 5.41) is 8.10. The molecular weight excluding hydrogens is 659 g/mol. The second-order valence-corrected chi connectivity index (χ2v) is 14.7. The summed E-state index contributed by atoms with van der Waals surface area (Å²) < 4.78 is 0. The SMILES string of the molecule is C=C1N(c2ccc(N3CCN(c4ccc(CC[C@@H]5CCC(c6ccc(Cl)cc6Cl)C5)cc4)CC3)cc2)C=NN1C(C)CC.Cc1cccnc1. The molecule has 0 radical (unpaired) electrons. The Morgan fingerprint density at radius 2 is 1.52 bits per heavy atom. The molecule has 0 N–H and O–H groups in total. The number of hydrazone groups is 1. The molecule has 3 heterocycles. The van der Waals surface area contributed by atoms with Gasteiger partial charge in [0.2, 0.25) is 0 Å². The number of aryl methyl sites for hydroxylation is 2. The summed E-state index contributed by atoms with van der Waals surface area (Å²) in [4.78, 5) is 11.0. The zero-order chi connectivity index (χ0) is 35.0. The molecule has 2 unspecified atom stereocenters. The Balaban J connectivity index is 0.000000552. The molecular formula is C42H50Cl2N6. The molecule has 2 fully saturated rings. The van der Waals surface area contributed by atoms with E-state index in [2.05, 4.69) is 99.8 Å². The number of hydrogen-bond acceptors (Lipinski definition) is 6. The number of piperazine rings is 1. The van der Waals surface area contributed by atoms with Crippen molar-refractivity contribution >= 4 is 46.6 Å². The topological polar surface area (TPSA) is 38.2 Å². The molecule has 2 aliphatic heterocycles. The van der Waals surface area contributed by atoms with Crippen molar-refractivity contribution in [2.24, 2.45) is 11.0 Å². The summed E-state index contributed by atoms with van der Waals surface area (Å²) in [6.07, 6.45) is 12.6. The Bertz CT molecular complexity index is 1720. The lowest BCUT2D eigenvalue weighted by Gasteiger charge is -2.37. The monoisotopic (exact) mass is 708 g/mol. The van der Waals surface area contributed by atoms with Crippen molar-refractivity contribution in [2.75, 3.05) is 40.9 Å². The van der Waals surface area contributed by atoms with Gasteiger partial charge >= 0.3 is 0 Å². The minimum Gasteiger partial charge on any atom is -0.368 e. The number of aromatic nitrogens is 1. The van der Waals surface area contributed by atoms with E-state index in [0.29, 0.717) is 17.0 Å². The van der Waals surface area contributed by atoms with Crippen LogP contribution < -0.4 is 14.7 Å². The molecule has 0 bridgehead atoms. The van der Waals surface area contributed by atoms with Crippen LogP contribution in [0.15, 0.2) is 109 Å². The van der Waals surface area contributed by atoms with Gasteiger partial charge in [0.25, 0.3) is 0 Å². The molecule has 8 heteroatoms. The summed E-state index contributed by atoms with van der Waals surface area (Å²) >= 11 is 12.6. The van der Waals surface area contributed by atoms with E-state index in [4.69, 9.17) is 23.2 Å². The van der Waals surface area contributed by atoms with Crippen molar-refractivity contribution < 1.29 is 0 Å². The number of benzene rings is 3. The van der Waals surface area contributed by atoms with Crippen LogP contribution in [0.25, 0.3) is 0 Å². The number of pyridine rings is 1. The lowest BCUT2D eigenvalue weighted by Crippen LogP contribution is -2.46. The van der Waals surface area contributed by atoms with E-state index < -0.39 is 0 Å². The van der Waals surface area contributed by atoms with Gasteiger partial charge in [-0.25, -0.2) is 5.01 Å². The molecule has 0 spiro atoms. The number of anilines is 3. The third-order valence-electron chi connectivity index (χ3n) is 10.5. The molecule has 262 valence electrons. The highest BCUT2D eigenvalue weighted by atomic mass is 35.5. The van der Waals surface area contributed by atoms with Crippen molar-refractivity contribution in [3.63, 3.8) is 0 Å².